The van der Waals surface area contributed by atoms with Crippen molar-refractivity contribution in [2.75, 3.05) is 7.05 Å². The molecule has 12 heavy (non-hydrogen) atoms. The normalized spacial score (nSPS) is 14.8. The van der Waals surface area contributed by atoms with Gasteiger partial charge >= 0.3 is 0 Å². The predicted octanol–water partition coefficient (Wildman–Crippen LogP) is 2.62. The molecule has 0 aromatic carbocycles. The highest BCUT2D eigenvalue weighted by Gasteiger charge is 2.04. The number of aliphatic hydroxyl groups is 1. The Kier molecular flexibility index (Phi) is 6.87. The van der Waals surface area contributed by atoms with Crippen molar-refractivity contribution < 1.29 is 5.11 Å². The molecule has 2 heteroatoms. The first-order valence-electron chi connectivity index (χ1n) is 4.79. The van der Waals surface area contributed by atoms with Crippen molar-refractivity contribution in [1.82, 2.24) is 5.32 Å². The van der Waals surface area contributed by atoms with Crippen LogP contribution in [0.3, 0.4) is 0 Å². The van der Waals surface area contributed by atoms with Crippen molar-refractivity contribution in [3.05, 3.63) is 11.8 Å². The van der Waals surface area contributed by atoms with Gasteiger partial charge in [0.1, 0.15) is 0 Å². The van der Waals surface area contributed by atoms with Gasteiger partial charge in [-0.15, -0.1) is 0 Å². The molecule has 0 heterocycles. The minimum atomic E-state index is 0.415. The Balaban J connectivity index is 3.71. The average molecular weight is 171 g/mol. The van der Waals surface area contributed by atoms with Gasteiger partial charge in [-0.1, -0.05) is 20.3 Å². The Hall–Kier alpha value is -0.500. The van der Waals surface area contributed by atoms with E-state index in [-0.39, 0.29) is 0 Å². The molecule has 0 saturated heterocycles. The lowest BCUT2D eigenvalue weighted by molar-refractivity contribution is 0.356. The highest BCUT2D eigenvalue weighted by Crippen LogP contribution is 2.06. The van der Waals surface area contributed by atoms with Crippen molar-refractivity contribution >= 4 is 0 Å². The maximum Gasteiger partial charge on any atom is 0.0898 e. The highest BCUT2D eigenvalue weighted by molar-refractivity contribution is 4.93. The van der Waals surface area contributed by atoms with Gasteiger partial charge in [-0.05, 0) is 26.0 Å². The fourth-order valence-electron chi connectivity index (χ4n) is 1.10. The summed E-state index contributed by atoms with van der Waals surface area (Å²) < 4.78 is 0. The van der Waals surface area contributed by atoms with Crippen LogP contribution in [0.1, 0.15) is 39.5 Å². The fourth-order valence-corrected chi connectivity index (χ4v) is 1.10. The second kappa shape index (κ2) is 7.17. The molecular weight excluding hydrogens is 150 g/mol. The van der Waals surface area contributed by atoms with Crippen LogP contribution in [0.25, 0.3) is 0 Å². The van der Waals surface area contributed by atoms with E-state index in [9.17, 15) is 5.11 Å². The van der Waals surface area contributed by atoms with Crippen molar-refractivity contribution in [3.63, 3.8) is 0 Å². The molecule has 0 fully saturated rings. The van der Waals surface area contributed by atoms with E-state index in [1.807, 2.05) is 13.1 Å². The van der Waals surface area contributed by atoms with Gasteiger partial charge in [0.2, 0.25) is 0 Å². The molecule has 2 nitrogen and oxygen atoms in total. The van der Waals surface area contributed by atoms with Gasteiger partial charge in [0, 0.05) is 12.5 Å². The number of rotatable bonds is 6. The van der Waals surface area contributed by atoms with Crippen LogP contribution < -0.4 is 5.32 Å². The molecule has 1 unspecified atom stereocenters. The summed E-state index contributed by atoms with van der Waals surface area (Å²) in [7, 11) is 1.93. The number of aliphatic hydroxyl groups excluding tert-OH is 1. The largest absolute Gasteiger partial charge is 0.513 e. The quantitative estimate of drug-likeness (QED) is 0.602. The van der Waals surface area contributed by atoms with Gasteiger partial charge in [-0.25, -0.2) is 0 Å². The number of allylic oxidation sites excluding steroid dienone is 1. The van der Waals surface area contributed by atoms with E-state index >= 15 is 0 Å². The second-order valence-electron chi connectivity index (χ2n) is 3.08. The number of hydrogen-bond acceptors (Lipinski definition) is 2. The number of nitrogens with one attached hydrogen (secondary N) is 1. The third-order valence-electron chi connectivity index (χ3n) is 2.03. The molecule has 1 atom stereocenters. The van der Waals surface area contributed by atoms with Crippen LogP contribution in [0.15, 0.2) is 11.8 Å². The molecule has 0 aliphatic heterocycles. The maximum absolute atomic E-state index is 9.43. The van der Waals surface area contributed by atoms with Crippen LogP contribution in [0.5, 0.6) is 0 Å². The first-order chi connectivity index (χ1) is 5.74. The van der Waals surface area contributed by atoms with E-state index < -0.39 is 0 Å². The Morgan fingerprint density at radius 1 is 1.50 bits per heavy atom. The highest BCUT2D eigenvalue weighted by atomic mass is 16.3. The summed E-state index contributed by atoms with van der Waals surface area (Å²) >= 11 is 0. The maximum atomic E-state index is 9.43. The minimum Gasteiger partial charge on any atom is -0.513 e. The van der Waals surface area contributed by atoms with Crippen molar-refractivity contribution in [2.45, 2.75) is 45.6 Å². The molecule has 0 aliphatic rings. The molecule has 0 saturated carbocycles. The lowest BCUT2D eigenvalue weighted by Gasteiger charge is -2.12. The van der Waals surface area contributed by atoms with Crippen LogP contribution in [0.4, 0.5) is 0 Å². The Bertz CT molecular complexity index is 128. The summed E-state index contributed by atoms with van der Waals surface area (Å²) in [6, 6.07) is 0.415. The Labute approximate surface area is 75.7 Å². The fraction of sp³-hybridized carbons (Fsp3) is 0.800. The molecule has 0 amide bonds. The lowest BCUT2D eigenvalue weighted by atomic mass is 10.1. The van der Waals surface area contributed by atoms with Gasteiger partial charge in [-0.2, -0.15) is 0 Å². The summed E-state index contributed by atoms with van der Waals surface area (Å²) in [5, 5.41) is 12.6. The SMILES string of the molecule is CCC/C=C(/O)CC(CC)NC. The van der Waals surface area contributed by atoms with E-state index in [0.29, 0.717) is 11.8 Å². The average Bonchev–Trinajstić information content (AvgIpc) is 2.10. The summed E-state index contributed by atoms with van der Waals surface area (Å²) in [5.74, 6) is 0.526. The molecule has 72 valence electrons. The third kappa shape index (κ3) is 5.19. The van der Waals surface area contributed by atoms with Crippen LogP contribution in [-0.4, -0.2) is 18.2 Å². The van der Waals surface area contributed by atoms with Gasteiger partial charge in [-0.3, -0.25) is 0 Å². The Morgan fingerprint density at radius 2 is 2.17 bits per heavy atom. The molecule has 0 rings (SSSR count). The lowest BCUT2D eigenvalue weighted by Crippen LogP contribution is -2.24. The van der Waals surface area contributed by atoms with Gasteiger partial charge in [0.05, 0.1) is 5.76 Å². The molecule has 2 N–H and O–H groups in total. The standard InChI is InChI=1S/C10H21NO/c1-4-6-7-10(12)8-9(5-2)11-3/h7,9,11-12H,4-6,8H2,1-3H3/b10-7+. The van der Waals surface area contributed by atoms with Crippen LogP contribution in [0.2, 0.25) is 0 Å². The summed E-state index contributed by atoms with van der Waals surface area (Å²) in [4.78, 5) is 0. The molecule has 0 aliphatic carbocycles. The molecule has 0 aromatic rings. The molecule has 0 aromatic heterocycles. The zero-order valence-corrected chi connectivity index (χ0v) is 8.43. The van der Waals surface area contributed by atoms with E-state index in [1.165, 1.54) is 0 Å². The smallest absolute Gasteiger partial charge is 0.0898 e. The van der Waals surface area contributed by atoms with Crippen LogP contribution >= 0.6 is 0 Å². The summed E-state index contributed by atoms with van der Waals surface area (Å²) in [6.45, 7) is 4.23. The topological polar surface area (TPSA) is 32.3 Å². The third-order valence-corrected chi connectivity index (χ3v) is 2.03. The molecule has 0 radical (unpaired) electrons. The van der Waals surface area contributed by atoms with E-state index in [4.69, 9.17) is 0 Å². The number of hydrogen-bond donors (Lipinski definition) is 2. The van der Waals surface area contributed by atoms with Crippen molar-refractivity contribution in [3.8, 4) is 0 Å². The molecule has 0 spiro atoms. The van der Waals surface area contributed by atoms with E-state index in [1.54, 1.807) is 0 Å². The first kappa shape index (κ1) is 11.5. The van der Waals surface area contributed by atoms with Crippen LogP contribution in [-0.2, 0) is 0 Å². The molecule has 0 bridgehead atoms. The van der Waals surface area contributed by atoms with E-state index in [2.05, 4.69) is 19.2 Å². The van der Waals surface area contributed by atoms with Crippen molar-refractivity contribution in [1.29, 1.82) is 0 Å². The van der Waals surface area contributed by atoms with E-state index in [0.717, 1.165) is 25.7 Å². The monoisotopic (exact) mass is 171 g/mol. The second-order valence-corrected chi connectivity index (χ2v) is 3.08. The summed E-state index contributed by atoms with van der Waals surface area (Å²) in [5.41, 5.74) is 0. The van der Waals surface area contributed by atoms with Gasteiger partial charge in [0.25, 0.3) is 0 Å². The minimum absolute atomic E-state index is 0.415. The van der Waals surface area contributed by atoms with Gasteiger partial charge < -0.3 is 10.4 Å². The number of unbranched alkanes of at least 4 members (excludes halogenated alkanes) is 1. The summed E-state index contributed by atoms with van der Waals surface area (Å²) in [6.07, 6.45) is 5.81. The zero-order valence-electron chi connectivity index (χ0n) is 8.43. The molecular formula is C10H21NO. The zero-order chi connectivity index (χ0) is 9.40. The Morgan fingerprint density at radius 3 is 2.58 bits per heavy atom. The van der Waals surface area contributed by atoms with Crippen LogP contribution in [0, 0.1) is 0 Å². The first-order valence-corrected chi connectivity index (χ1v) is 4.79. The van der Waals surface area contributed by atoms with Crippen molar-refractivity contribution in [2.24, 2.45) is 0 Å². The van der Waals surface area contributed by atoms with Gasteiger partial charge in [0.15, 0.2) is 0 Å². The predicted molar refractivity (Wildman–Crippen MR) is 53.4 cm³/mol.